The van der Waals surface area contributed by atoms with Gasteiger partial charge in [-0.15, -0.1) is 0 Å². The smallest absolute Gasteiger partial charge is 0.253 e. The summed E-state index contributed by atoms with van der Waals surface area (Å²) in [7, 11) is 0. The maximum absolute atomic E-state index is 12.8. The van der Waals surface area contributed by atoms with Gasteiger partial charge in [-0.1, -0.05) is 97.6 Å². The van der Waals surface area contributed by atoms with E-state index in [0.29, 0.717) is 0 Å². The van der Waals surface area contributed by atoms with Gasteiger partial charge in [-0.2, -0.15) is 0 Å². The standard InChI is InChI=1S/C28H23N3O/c1-2-26(32)30-21-29-20-22-18-19-31(27(22)30)28(23-12-6-3-7-13-23,24-14-8-4-9-15-24)25-16-10-5-11-17-25/h2-20H,1,21H2. The Kier molecular flexibility index (Phi) is 5.04. The van der Waals surface area contributed by atoms with Crippen LogP contribution in [0.1, 0.15) is 22.3 Å². The largest absolute Gasteiger partial charge is 0.315 e. The van der Waals surface area contributed by atoms with Crippen LogP contribution < -0.4 is 4.90 Å². The lowest BCUT2D eigenvalue weighted by Gasteiger charge is -2.40. The summed E-state index contributed by atoms with van der Waals surface area (Å²) in [5, 5.41) is 0. The molecule has 0 unspecified atom stereocenters. The van der Waals surface area contributed by atoms with Gasteiger partial charge in [0.25, 0.3) is 5.91 Å². The Morgan fingerprint density at radius 1 is 0.812 bits per heavy atom. The van der Waals surface area contributed by atoms with E-state index in [9.17, 15) is 4.79 Å². The molecular formula is C28H23N3O. The van der Waals surface area contributed by atoms with E-state index in [0.717, 1.165) is 28.1 Å². The first-order chi connectivity index (χ1) is 15.8. The molecule has 1 aromatic heterocycles. The third kappa shape index (κ3) is 3.00. The molecule has 0 spiro atoms. The number of carbonyl (C=O) groups excluding carboxylic acids is 1. The van der Waals surface area contributed by atoms with E-state index in [1.165, 1.54) is 6.08 Å². The van der Waals surface area contributed by atoms with E-state index >= 15 is 0 Å². The number of aromatic nitrogens is 1. The summed E-state index contributed by atoms with van der Waals surface area (Å²) < 4.78 is 2.20. The van der Waals surface area contributed by atoms with Crippen LogP contribution in [0, 0.1) is 0 Å². The molecule has 0 aliphatic carbocycles. The van der Waals surface area contributed by atoms with Crippen LogP contribution >= 0.6 is 0 Å². The number of anilines is 1. The van der Waals surface area contributed by atoms with Gasteiger partial charge in [0.1, 0.15) is 18.0 Å². The van der Waals surface area contributed by atoms with E-state index in [2.05, 4.69) is 95.1 Å². The Bertz CT molecular complexity index is 1180. The molecule has 5 rings (SSSR count). The van der Waals surface area contributed by atoms with Gasteiger partial charge in [-0.25, -0.2) is 0 Å². The Morgan fingerprint density at radius 3 is 1.78 bits per heavy atom. The third-order valence-electron chi connectivity index (χ3n) is 5.98. The van der Waals surface area contributed by atoms with Crippen LogP contribution in [0.4, 0.5) is 5.82 Å². The number of nitrogens with zero attached hydrogens (tertiary/aromatic N) is 3. The predicted molar refractivity (Wildman–Crippen MR) is 129 cm³/mol. The summed E-state index contributed by atoms with van der Waals surface area (Å²) in [6.45, 7) is 3.97. The lowest BCUT2D eigenvalue weighted by Crippen LogP contribution is -2.42. The molecular weight excluding hydrogens is 394 g/mol. The second-order valence-electron chi connectivity index (χ2n) is 7.70. The van der Waals surface area contributed by atoms with Crippen molar-refractivity contribution in [3.8, 4) is 0 Å². The first kappa shape index (κ1) is 19.8. The molecule has 0 fully saturated rings. The molecule has 0 atom stereocenters. The average molecular weight is 418 g/mol. The van der Waals surface area contributed by atoms with Gasteiger partial charge in [0.2, 0.25) is 0 Å². The van der Waals surface area contributed by atoms with Crippen molar-refractivity contribution in [2.45, 2.75) is 5.54 Å². The van der Waals surface area contributed by atoms with Crippen molar-refractivity contribution in [2.24, 2.45) is 4.99 Å². The van der Waals surface area contributed by atoms with E-state index in [4.69, 9.17) is 0 Å². The maximum atomic E-state index is 12.8. The molecule has 1 aliphatic rings. The highest BCUT2D eigenvalue weighted by atomic mass is 16.2. The first-order valence-corrected chi connectivity index (χ1v) is 10.6. The number of carbonyl (C=O) groups is 1. The van der Waals surface area contributed by atoms with Gasteiger partial charge < -0.3 is 4.57 Å². The molecule has 1 amide bonds. The zero-order chi connectivity index (χ0) is 22.0. The number of hydrogen-bond acceptors (Lipinski definition) is 2. The molecule has 4 nitrogen and oxygen atoms in total. The number of aliphatic imine (C=N–C) groups is 1. The van der Waals surface area contributed by atoms with Crippen LogP contribution in [0.3, 0.4) is 0 Å². The number of amides is 1. The quantitative estimate of drug-likeness (QED) is 0.323. The van der Waals surface area contributed by atoms with Gasteiger partial charge in [-0.3, -0.25) is 14.7 Å². The van der Waals surface area contributed by atoms with Crippen LogP contribution in [-0.4, -0.2) is 23.4 Å². The third-order valence-corrected chi connectivity index (χ3v) is 5.98. The molecule has 32 heavy (non-hydrogen) atoms. The van der Waals surface area contributed by atoms with Crippen molar-refractivity contribution in [2.75, 3.05) is 11.6 Å². The molecule has 0 bridgehead atoms. The summed E-state index contributed by atoms with van der Waals surface area (Å²) in [6.07, 6.45) is 5.24. The first-order valence-electron chi connectivity index (χ1n) is 10.6. The van der Waals surface area contributed by atoms with Gasteiger partial charge in [0.15, 0.2) is 0 Å². The van der Waals surface area contributed by atoms with E-state index < -0.39 is 5.54 Å². The van der Waals surface area contributed by atoms with Crippen LogP contribution in [0.15, 0.2) is 121 Å². The lowest BCUT2D eigenvalue weighted by atomic mass is 9.76. The van der Waals surface area contributed by atoms with Gasteiger partial charge in [-0.05, 0) is 28.8 Å². The van der Waals surface area contributed by atoms with Crippen molar-refractivity contribution in [3.05, 3.63) is 138 Å². The van der Waals surface area contributed by atoms with Crippen molar-refractivity contribution in [3.63, 3.8) is 0 Å². The summed E-state index contributed by atoms with van der Waals surface area (Å²) in [4.78, 5) is 18.9. The van der Waals surface area contributed by atoms with Gasteiger partial charge in [0.05, 0.1) is 0 Å². The maximum Gasteiger partial charge on any atom is 0.253 e. The fourth-order valence-electron chi connectivity index (χ4n) is 4.62. The van der Waals surface area contributed by atoms with Crippen LogP contribution in [-0.2, 0) is 10.3 Å². The highest BCUT2D eigenvalue weighted by Gasteiger charge is 2.41. The van der Waals surface area contributed by atoms with Crippen LogP contribution in [0.25, 0.3) is 0 Å². The Balaban J connectivity index is 1.92. The number of benzene rings is 3. The second-order valence-corrected chi connectivity index (χ2v) is 7.70. The van der Waals surface area contributed by atoms with Crippen molar-refractivity contribution < 1.29 is 4.79 Å². The highest BCUT2D eigenvalue weighted by Crippen LogP contribution is 2.44. The molecule has 0 saturated heterocycles. The fraction of sp³-hybridized carbons (Fsp3) is 0.0714. The lowest BCUT2D eigenvalue weighted by molar-refractivity contribution is -0.114. The molecule has 0 saturated carbocycles. The summed E-state index contributed by atoms with van der Waals surface area (Å²) in [5.41, 5.74) is 3.51. The summed E-state index contributed by atoms with van der Waals surface area (Å²) in [5.74, 6) is 0.632. The molecule has 3 aromatic carbocycles. The highest BCUT2D eigenvalue weighted by molar-refractivity contribution is 6.05. The fourth-order valence-corrected chi connectivity index (χ4v) is 4.62. The van der Waals surface area contributed by atoms with Gasteiger partial charge >= 0.3 is 0 Å². The van der Waals surface area contributed by atoms with E-state index in [1.807, 2.05) is 30.5 Å². The minimum Gasteiger partial charge on any atom is -0.315 e. The molecule has 0 radical (unpaired) electrons. The van der Waals surface area contributed by atoms with Crippen molar-refractivity contribution in [1.29, 1.82) is 0 Å². The minimum atomic E-state index is -0.692. The zero-order valence-corrected chi connectivity index (χ0v) is 17.6. The molecule has 156 valence electrons. The Morgan fingerprint density at radius 2 is 1.31 bits per heavy atom. The average Bonchev–Trinajstić information content (AvgIpc) is 3.31. The molecule has 2 heterocycles. The van der Waals surface area contributed by atoms with Crippen LogP contribution in [0.2, 0.25) is 0 Å². The van der Waals surface area contributed by atoms with Crippen molar-refractivity contribution in [1.82, 2.24) is 4.57 Å². The molecule has 4 aromatic rings. The SMILES string of the molecule is C=CC(=O)N1CN=Cc2ccn(C(c3ccccc3)(c3ccccc3)c3ccccc3)c21. The van der Waals surface area contributed by atoms with Crippen molar-refractivity contribution >= 4 is 17.9 Å². The second kappa shape index (κ2) is 8.16. The number of rotatable bonds is 5. The zero-order valence-electron chi connectivity index (χ0n) is 17.6. The minimum absolute atomic E-state index is 0.175. The monoisotopic (exact) mass is 417 g/mol. The van der Waals surface area contributed by atoms with E-state index in [1.54, 1.807) is 4.90 Å². The predicted octanol–water partition coefficient (Wildman–Crippen LogP) is 5.24. The molecule has 1 aliphatic heterocycles. The molecule has 4 heteroatoms. The van der Waals surface area contributed by atoms with E-state index in [-0.39, 0.29) is 12.6 Å². The van der Waals surface area contributed by atoms with Gasteiger partial charge in [0, 0.05) is 18.0 Å². The van der Waals surface area contributed by atoms with Crippen LogP contribution in [0.5, 0.6) is 0 Å². The normalized spacial score (nSPS) is 12.9. The topological polar surface area (TPSA) is 37.6 Å². The number of fused-ring (bicyclic) bond motifs is 1. The summed E-state index contributed by atoms with van der Waals surface area (Å²) in [6, 6.07) is 33.3. The number of hydrogen-bond donors (Lipinski definition) is 0. The molecule has 0 N–H and O–H groups in total. The Labute approximate surface area is 187 Å². The summed E-state index contributed by atoms with van der Waals surface area (Å²) >= 11 is 0. The Hall–Kier alpha value is -4.18.